The van der Waals surface area contributed by atoms with Crippen molar-refractivity contribution in [3.63, 3.8) is 0 Å². The molecule has 0 fully saturated rings. The molecule has 0 saturated carbocycles. The van der Waals surface area contributed by atoms with Gasteiger partial charge in [-0.05, 0) is 25.0 Å². The van der Waals surface area contributed by atoms with Gasteiger partial charge < -0.3 is 15.6 Å². The molecule has 0 aliphatic heterocycles. The number of pyridine rings is 1. The Morgan fingerprint density at radius 1 is 1.24 bits per heavy atom. The summed E-state index contributed by atoms with van der Waals surface area (Å²) in [5.74, 6) is -0.203. The van der Waals surface area contributed by atoms with Crippen LogP contribution in [0.15, 0.2) is 53.5 Å². The van der Waals surface area contributed by atoms with E-state index in [-0.39, 0.29) is 24.1 Å². The third kappa shape index (κ3) is 4.49. The van der Waals surface area contributed by atoms with Gasteiger partial charge in [-0.1, -0.05) is 30.3 Å². The van der Waals surface area contributed by atoms with Crippen molar-refractivity contribution >= 4 is 11.6 Å². The van der Waals surface area contributed by atoms with E-state index in [2.05, 4.69) is 5.32 Å². The molecule has 1 atom stereocenters. The van der Waals surface area contributed by atoms with Gasteiger partial charge in [-0.3, -0.25) is 9.59 Å². The molecule has 110 valence electrons. The molecule has 3 N–H and O–H groups in total. The summed E-state index contributed by atoms with van der Waals surface area (Å²) < 4.78 is 1.31. The van der Waals surface area contributed by atoms with Crippen LogP contribution in [-0.2, 0) is 17.8 Å². The van der Waals surface area contributed by atoms with E-state index in [0.717, 1.165) is 12.0 Å². The smallest absolute Gasteiger partial charge is 0.251 e. The van der Waals surface area contributed by atoms with Gasteiger partial charge in [0.25, 0.3) is 5.56 Å². The van der Waals surface area contributed by atoms with E-state index in [1.165, 1.54) is 22.9 Å². The van der Waals surface area contributed by atoms with Crippen LogP contribution in [0.25, 0.3) is 0 Å². The van der Waals surface area contributed by atoms with E-state index < -0.39 is 0 Å². The van der Waals surface area contributed by atoms with Gasteiger partial charge in [-0.15, -0.1) is 0 Å². The number of benzene rings is 1. The van der Waals surface area contributed by atoms with Crippen molar-refractivity contribution in [3.05, 3.63) is 64.6 Å². The maximum atomic E-state index is 12.0. The summed E-state index contributed by atoms with van der Waals surface area (Å²) >= 11 is 0. The first-order chi connectivity index (χ1) is 10.0. The molecule has 1 unspecified atom stereocenters. The Labute approximate surface area is 123 Å². The van der Waals surface area contributed by atoms with Crippen LogP contribution in [0, 0.1) is 0 Å². The Morgan fingerprint density at radius 3 is 2.67 bits per heavy atom. The molecular formula is C16H19N3O2. The number of anilines is 1. The fourth-order valence-electron chi connectivity index (χ4n) is 2.17. The van der Waals surface area contributed by atoms with Crippen LogP contribution >= 0.6 is 0 Å². The summed E-state index contributed by atoms with van der Waals surface area (Å²) in [4.78, 5) is 23.6. The number of nitrogens with one attached hydrogen (secondary N) is 1. The van der Waals surface area contributed by atoms with Crippen LogP contribution < -0.4 is 16.6 Å². The van der Waals surface area contributed by atoms with E-state index in [0.29, 0.717) is 5.69 Å². The lowest BCUT2D eigenvalue weighted by atomic mass is 10.1. The van der Waals surface area contributed by atoms with Gasteiger partial charge in [-0.25, -0.2) is 0 Å². The summed E-state index contributed by atoms with van der Waals surface area (Å²) in [7, 11) is 0. The first-order valence-electron chi connectivity index (χ1n) is 6.84. The molecular weight excluding hydrogens is 266 g/mol. The number of aromatic nitrogens is 1. The number of nitrogens with two attached hydrogens (primary N) is 1. The number of rotatable bonds is 5. The number of nitrogens with zero attached hydrogens (tertiary/aromatic N) is 1. The average molecular weight is 285 g/mol. The summed E-state index contributed by atoms with van der Waals surface area (Å²) in [5.41, 5.74) is 6.99. The second-order valence-corrected chi connectivity index (χ2v) is 5.09. The number of nitrogen functional groups attached to an aromatic ring is 1. The summed E-state index contributed by atoms with van der Waals surface area (Å²) in [5, 5.41) is 2.88. The Hall–Kier alpha value is -2.56. The van der Waals surface area contributed by atoms with Crippen molar-refractivity contribution in [1.82, 2.24) is 9.88 Å². The zero-order valence-electron chi connectivity index (χ0n) is 12.0. The Morgan fingerprint density at radius 2 is 1.95 bits per heavy atom. The largest absolute Gasteiger partial charge is 0.398 e. The van der Waals surface area contributed by atoms with Crippen LogP contribution in [0.3, 0.4) is 0 Å². The highest BCUT2D eigenvalue weighted by atomic mass is 16.2. The highest BCUT2D eigenvalue weighted by Crippen LogP contribution is 2.03. The number of carbonyl (C=O) groups excluding carboxylic acids is 1. The van der Waals surface area contributed by atoms with Gasteiger partial charge in [-0.2, -0.15) is 0 Å². The minimum atomic E-state index is -0.241. The zero-order chi connectivity index (χ0) is 15.2. The predicted octanol–water partition coefficient (Wildman–Crippen LogP) is 1.18. The Balaban J connectivity index is 1.92. The van der Waals surface area contributed by atoms with Gasteiger partial charge >= 0.3 is 0 Å². The van der Waals surface area contributed by atoms with E-state index >= 15 is 0 Å². The number of hydrogen-bond donors (Lipinski definition) is 2. The fourth-order valence-corrected chi connectivity index (χ4v) is 2.17. The van der Waals surface area contributed by atoms with Gasteiger partial charge in [0.1, 0.15) is 6.54 Å². The molecule has 0 radical (unpaired) electrons. The van der Waals surface area contributed by atoms with Crippen LogP contribution in [0.1, 0.15) is 12.5 Å². The van der Waals surface area contributed by atoms with Crippen molar-refractivity contribution in [2.45, 2.75) is 25.9 Å². The SMILES string of the molecule is CC(Cc1ccccc1)NC(=O)Cn1cc(N)ccc1=O. The molecule has 2 aromatic rings. The molecule has 1 aromatic heterocycles. The minimum absolute atomic E-state index is 0.00309. The molecule has 2 rings (SSSR count). The molecule has 0 spiro atoms. The first-order valence-corrected chi connectivity index (χ1v) is 6.84. The van der Waals surface area contributed by atoms with Crippen molar-refractivity contribution in [2.24, 2.45) is 0 Å². The third-order valence-corrected chi connectivity index (χ3v) is 3.11. The van der Waals surface area contributed by atoms with Crippen LogP contribution in [-0.4, -0.2) is 16.5 Å². The first kappa shape index (κ1) is 14.8. The molecule has 21 heavy (non-hydrogen) atoms. The van der Waals surface area contributed by atoms with Crippen molar-refractivity contribution in [2.75, 3.05) is 5.73 Å². The highest BCUT2D eigenvalue weighted by Gasteiger charge is 2.09. The highest BCUT2D eigenvalue weighted by molar-refractivity contribution is 5.76. The lowest BCUT2D eigenvalue weighted by molar-refractivity contribution is -0.122. The molecule has 0 aliphatic carbocycles. The second kappa shape index (κ2) is 6.74. The maximum Gasteiger partial charge on any atom is 0.251 e. The number of hydrogen-bond acceptors (Lipinski definition) is 3. The van der Waals surface area contributed by atoms with Gasteiger partial charge in [0.2, 0.25) is 5.91 Å². The Bertz CT molecular complexity index is 665. The van der Waals surface area contributed by atoms with E-state index in [4.69, 9.17) is 5.73 Å². The summed E-state index contributed by atoms with van der Waals surface area (Å²) in [6, 6.07) is 12.8. The van der Waals surface area contributed by atoms with Crippen molar-refractivity contribution in [1.29, 1.82) is 0 Å². The van der Waals surface area contributed by atoms with Gasteiger partial charge in [0.15, 0.2) is 0 Å². The second-order valence-electron chi connectivity index (χ2n) is 5.09. The maximum absolute atomic E-state index is 12.0. The number of amides is 1. The van der Waals surface area contributed by atoms with Crippen LogP contribution in [0.2, 0.25) is 0 Å². The van der Waals surface area contributed by atoms with Gasteiger partial charge in [0.05, 0.1) is 0 Å². The number of carbonyl (C=O) groups is 1. The zero-order valence-corrected chi connectivity index (χ0v) is 12.0. The molecule has 0 saturated heterocycles. The van der Waals surface area contributed by atoms with E-state index in [1.54, 1.807) is 0 Å². The lowest BCUT2D eigenvalue weighted by Gasteiger charge is -2.14. The third-order valence-electron chi connectivity index (χ3n) is 3.11. The average Bonchev–Trinajstić information content (AvgIpc) is 2.43. The van der Waals surface area contributed by atoms with Crippen molar-refractivity contribution in [3.8, 4) is 0 Å². The fraction of sp³-hybridized carbons (Fsp3) is 0.250. The van der Waals surface area contributed by atoms with Crippen molar-refractivity contribution < 1.29 is 4.79 Å². The molecule has 5 nitrogen and oxygen atoms in total. The predicted molar refractivity (Wildman–Crippen MR) is 82.9 cm³/mol. The minimum Gasteiger partial charge on any atom is -0.398 e. The van der Waals surface area contributed by atoms with E-state index in [9.17, 15) is 9.59 Å². The topological polar surface area (TPSA) is 77.1 Å². The molecule has 1 heterocycles. The molecule has 5 heteroatoms. The molecule has 1 amide bonds. The van der Waals surface area contributed by atoms with E-state index in [1.807, 2.05) is 37.3 Å². The standard InChI is InChI=1S/C16H19N3O2/c1-12(9-13-5-3-2-4-6-13)18-15(20)11-19-10-14(17)7-8-16(19)21/h2-8,10,12H,9,11,17H2,1H3,(H,18,20). The quantitative estimate of drug-likeness (QED) is 0.866. The molecule has 0 bridgehead atoms. The van der Waals surface area contributed by atoms with Crippen LogP contribution in [0.5, 0.6) is 0 Å². The summed E-state index contributed by atoms with van der Waals surface area (Å²) in [6.45, 7) is 1.91. The molecule has 1 aromatic carbocycles. The normalized spacial score (nSPS) is 11.9. The van der Waals surface area contributed by atoms with Gasteiger partial charge in [0, 0.05) is 24.0 Å². The Kier molecular flexibility index (Phi) is 4.77. The molecule has 0 aliphatic rings. The monoisotopic (exact) mass is 285 g/mol. The summed E-state index contributed by atoms with van der Waals surface area (Å²) in [6.07, 6.45) is 2.22. The van der Waals surface area contributed by atoms with Crippen LogP contribution in [0.4, 0.5) is 5.69 Å². The lowest BCUT2D eigenvalue weighted by Crippen LogP contribution is -2.38.